The summed E-state index contributed by atoms with van der Waals surface area (Å²) in [6, 6.07) is 22.2. The van der Waals surface area contributed by atoms with Crippen LogP contribution in [0, 0.1) is 11.3 Å². The van der Waals surface area contributed by atoms with E-state index in [0.29, 0.717) is 28.5 Å². The van der Waals surface area contributed by atoms with E-state index in [1.54, 1.807) is 21.3 Å². The van der Waals surface area contributed by atoms with Crippen LogP contribution in [0.4, 0.5) is 5.69 Å². The quantitative estimate of drug-likeness (QED) is 0.389. The van der Waals surface area contributed by atoms with Gasteiger partial charge in [0.05, 0.1) is 51.3 Å². The first-order chi connectivity index (χ1) is 18.6. The number of para-hydroxylation sites is 1. The molecular weight excluding hydrogens is 480 g/mol. The van der Waals surface area contributed by atoms with Crippen LogP contribution in [0.3, 0.4) is 0 Å². The number of pyridine rings is 1. The van der Waals surface area contributed by atoms with Gasteiger partial charge < -0.3 is 24.7 Å². The monoisotopic (exact) mass is 512 g/mol. The molecule has 2 N–H and O–H groups in total. The highest BCUT2D eigenvalue weighted by Crippen LogP contribution is 2.36. The number of nitriles is 1. The molecule has 0 bridgehead atoms. The Morgan fingerprint density at radius 3 is 2.18 bits per heavy atom. The first kappa shape index (κ1) is 26.7. The summed E-state index contributed by atoms with van der Waals surface area (Å²) >= 11 is 0. The minimum absolute atomic E-state index is 0.415. The zero-order chi connectivity index (χ0) is 26.9. The van der Waals surface area contributed by atoms with Crippen molar-refractivity contribution >= 4 is 16.6 Å². The Hall–Kier alpha value is -4.32. The lowest BCUT2D eigenvalue weighted by molar-refractivity contribution is 0.0342. The summed E-state index contributed by atoms with van der Waals surface area (Å²) in [4.78, 5) is 6.78. The molecule has 0 atom stereocenters. The van der Waals surface area contributed by atoms with Crippen LogP contribution in [-0.4, -0.2) is 57.5 Å². The maximum absolute atomic E-state index is 9.07. The summed E-state index contributed by atoms with van der Waals surface area (Å²) in [5.74, 6) is 1.98. The molecule has 0 aliphatic carbocycles. The number of hydrogen-bond acceptors (Lipinski definition) is 8. The van der Waals surface area contributed by atoms with E-state index in [1.807, 2.05) is 36.4 Å². The van der Waals surface area contributed by atoms with Gasteiger partial charge >= 0.3 is 0 Å². The lowest BCUT2D eigenvalue weighted by Gasteiger charge is -2.26. The van der Waals surface area contributed by atoms with Crippen LogP contribution in [0.15, 0.2) is 66.9 Å². The molecule has 0 spiro atoms. The molecule has 1 aromatic heterocycles. The molecule has 4 aromatic rings. The van der Waals surface area contributed by atoms with Crippen LogP contribution in [0.25, 0.3) is 22.0 Å². The average molecular weight is 513 g/mol. The lowest BCUT2D eigenvalue weighted by atomic mass is 10.0. The molecule has 8 nitrogen and oxygen atoms in total. The minimum Gasteiger partial charge on any atom is -0.493 e. The van der Waals surface area contributed by atoms with Gasteiger partial charge in [-0.05, 0) is 34.9 Å². The molecule has 1 fully saturated rings. The molecule has 38 heavy (non-hydrogen) atoms. The van der Waals surface area contributed by atoms with Gasteiger partial charge in [0.25, 0.3) is 0 Å². The van der Waals surface area contributed by atoms with Crippen molar-refractivity contribution in [1.82, 2.24) is 9.88 Å². The average Bonchev–Trinajstić information content (AvgIpc) is 2.98. The number of methoxy groups -OCH3 is 3. The van der Waals surface area contributed by atoms with Crippen molar-refractivity contribution in [3.8, 4) is 34.4 Å². The van der Waals surface area contributed by atoms with Crippen molar-refractivity contribution in [3.05, 3.63) is 78.0 Å². The first-order valence-corrected chi connectivity index (χ1v) is 12.3. The molecular formula is C30H32N4O4. The second-order valence-corrected chi connectivity index (χ2v) is 8.71. The fraction of sp³-hybridized carbons (Fsp3) is 0.267. The van der Waals surface area contributed by atoms with Crippen molar-refractivity contribution in [2.24, 2.45) is 0 Å². The summed E-state index contributed by atoms with van der Waals surface area (Å²) in [6.45, 7) is 4.57. The van der Waals surface area contributed by atoms with Crippen LogP contribution < -0.4 is 19.9 Å². The van der Waals surface area contributed by atoms with E-state index in [0.717, 1.165) is 54.9 Å². The Labute approximate surface area is 223 Å². The van der Waals surface area contributed by atoms with Gasteiger partial charge in [0, 0.05) is 31.2 Å². The maximum atomic E-state index is 9.07. The van der Waals surface area contributed by atoms with Gasteiger partial charge in [0.15, 0.2) is 11.5 Å². The predicted molar refractivity (Wildman–Crippen MR) is 149 cm³/mol. The standard InChI is InChI=1S/C21H20N4O.C9H12O3/c22-12-18-13-24-20-11-17(5-6-19(20)21(18)23)16-3-1-15(2-4-16)14-25-7-9-26-10-8-25;1-10-7-5-4-6-8(11-2)9(7)12-3/h1-6,11,13H,7-10,14H2,(H2,23,24);4-6H,1-3H3. The molecule has 2 heterocycles. The summed E-state index contributed by atoms with van der Waals surface area (Å²) in [6.07, 6.45) is 1.53. The first-order valence-electron chi connectivity index (χ1n) is 12.3. The number of anilines is 1. The van der Waals surface area contributed by atoms with Gasteiger partial charge in [-0.1, -0.05) is 42.5 Å². The number of ether oxygens (including phenoxy) is 4. The van der Waals surface area contributed by atoms with Gasteiger partial charge in [0.2, 0.25) is 5.75 Å². The van der Waals surface area contributed by atoms with E-state index in [-0.39, 0.29) is 0 Å². The number of fused-ring (bicyclic) bond motifs is 1. The molecule has 0 saturated carbocycles. The molecule has 1 aliphatic rings. The number of rotatable bonds is 6. The van der Waals surface area contributed by atoms with Crippen LogP contribution >= 0.6 is 0 Å². The smallest absolute Gasteiger partial charge is 0.203 e. The predicted octanol–water partition coefficient (Wildman–Crippen LogP) is 4.90. The van der Waals surface area contributed by atoms with E-state index < -0.39 is 0 Å². The van der Waals surface area contributed by atoms with Crippen LogP contribution in [0.1, 0.15) is 11.1 Å². The third-order valence-electron chi connectivity index (χ3n) is 6.42. The molecule has 0 amide bonds. The van der Waals surface area contributed by atoms with Gasteiger partial charge in [-0.25, -0.2) is 0 Å². The Bertz CT molecular complexity index is 1390. The Balaban J connectivity index is 0.000000236. The van der Waals surface area contributed by atoms with Crippen LogP contribution in [-0.2, 0) is 11.3 Å². The normalized spacial score (nSPS) is 13.2. The van der Waals surface area contributed by atoms with Gasteiger partial charge in [-0.3, -0.25) is 9.88 Å². The highest BCUT2D eigenvalue weighted by Gasteiger charge is 2.11. The van der Waals surface area contributed by atoms with Gasteiger partial charge in [0.1, 0.15) is 6.07 Å². The number of benzene rings is 3. The highest BCUT2D eigenvalue weighted by atomic mass is 16.5. The number of nitrogens with zero attached hydrogens (tertiary/aromatic N) is 3. The second kappa shape index (κ2) is 12.8. The van der Waals surface area contributed by atoms with Crippen molar-refractivity contribution < 1.29 is 18.9 Å². The topological polar surface area (TPSA) is 103 Å². The number of nitrogens with two attached hydrogens (primary N) is 1. The molecule has 0 unspecified atom stereocenters. The van der Waals surface area contributed by atoms with E-state index in [1.165, 1.54) is 11.8 Å². The van der Waals surface area contributed by atoms with Crippen molar-refractivity contribution in [3.63, 3.8) is 0 Å². The largest absolute Gasteiger partial charge is 0.493 e. The molecule has 1 saturated heterocycles. The summed E-state index contributed by atoms with van der Waals surface area (Å²) in [5.41, 5.74) is 11.3. The van der Waals surface area contributed by atoms with E-state index >= 15 is 0 Å². The van der Waals surface area contributed by atoms with Crippen LogP contribution in [0.2, 0.25) is 0 Å². The zero-order valence-corrected chi connectivity index (χ0v) is 21.9. The summed E-state index contributed by atoms with van der Waals surface area (Å²) in [7, 11) is 4.77. The fourth-order valence-electron chi connectivity index (χ4n) is 4.32. The summed E-state index contributed by atoms with van der Waals surface area (Å²) < 4.78 is 20.7. The molecule has 1 aliphatic heterocycles. The molecule has 196 valence electrons. The number of nitrogen functional groups attached to an aromatic ring is 1. The van der Waals surface area contributed by atoms with Crippen molar-refractivity contribution in [2.45, 2.75) is 6.54 Å². The maximum Gasteiger partial charge on any atom is 0.203 e. The highest BCUT2D eigenvalue weighted by molar-refractivity contribution is 5.95. The third kappa shape index (κ3) is 6.14. The summed E-state index contributed by atoms with van der Waals surface area (Å²) in [5, 5.41) is 9.89. The third-order valence-corrected chi connectivity index (χ3v) is 6.42. The van der Waals surface area contributed by atoms with E-state index in [9.17, 15) is 0 Å². The SMILES string of the molecule is COc1cccc(OC)c1OC.N#Cc1cnc2cc(-c3ccc(CN4CCOCC4)cc3)ccc2c1N. The fourth-order valence-corrected chi connectivity index (χ4v) is 4.32. The Morgan fingerprint density at radius 2 is 1.58 bits per heavy atom. The van der Waals surface area contributed by atoms with E-state index in [4.69, 9.17) is 29.9 Å². The molecule has 0 radical (unpaired) electrons. The Morgan fingerprint density at radius 1 is 0.921 bits per heavy atom. The molecule has 8 heteroatoms. The lowest BCUT2D eigenvalue weighted by Crippen LogP contribution is -2.35. The van der Waals surface area contributed by atoms with Crippen molar-refractivity contribution in [2.75, 3.05) is 53.4 Å². The number of hydrogen-bond donors (Lipinski definition) is 1. The van der Waals surface area contributed by atoms with Gasteiger partial charge in [-0.15, -0.1) is 0 Å². The Kier molecular flexibility index (Phi) is 8.98. The van der Waals surface area contributed by atoms with Gasteiger partial charge in [-0.2, -0.15) is 5.26 Å². The van der Waals surface area contributed by atoms with Crippen LogP contribution in [0.5, 0.6) is 17.2 Å². The van der Waals surface area contributed by atoms with Crippen molar-refractivity contribution in [1.29, 1.82) is 5.26 Å². The zero-order valence-electron chi connectivity index (χ0n) is 21.9. The van der Waals surface area contributed by atoms with E-state index in [2.05, 4.69) is 40.2 Å². The number of aromatic nitrogens is 1. The number of morpholine rings is 1. The minimum atomic E-state index is 0.415. The second-order valence-electron chi connectivity index (χ2n) is 8.71. The molecule has 3 aromatic carbocycles. The molecule has 5 rings (SSSR count).